The molecular formula is C13H19N5. The molecule has 2 rings (SSSR count). The summed E-state index contributed by atoms with van der Waals surface area (Å²) in [6.45, 7) is 1.63. The number of nitrogens with zero attached hydrogens (tertiary/aromatic N) is 3. The van der Waals surface area contributed by atoms with Gasteiger partial charge in [0.25, 0.3) is 0 Å². The maximum atomic E-state index is 4.51. The first kappa shape index (κ1) is 12.6. The summed E-state index contributed by atoms with van der Waals surface area (Å²) in [6, 6.07) is 4.04. The predicted molar refractivity (Wildman–Crippen MR) is 72.6 cm³/mol. The van der Waals surface area contributed by atoms with E-state index in [0.29, 0.717) is 6.54 Å². The molecule has 2 heterocycles. The molecule has 5 nitrogen and oxygen atoms in total. The second kappa shape index (κ2) is 6.16. The van der Waals surface area contributed by atoms with Gasteiger partial charge < -0.3 is 15.2 Å². The van der Waals surface area contributed by atoms with Crippen LogP contribution in [0.4, 0.5) is 5.82 Å². The molecule has 0 unspecified atom stereocenters. The zero-order chi connectivity index (χ0) is 12.8. The Hall–Kier alpha value is -1.88. The minimum atomic E-state index is 0.694. The summed E-state index contributed by atoms with van der Waals surface area (Å²) in [5.74, 6) is 1.79. The van der Waals surface area contributed by atoms with Gasteiger partial charge in [-0.05, 0) is 31.2 Å². The Morgan fingerprint density at radius 3 is 3.00 bits per heavy atom. The van der Waals surface area contributed by atoms with E-state index in [9.17, 15) is 0 Å². The summed E-state index contributed by atoms with van der Waals surface area (Å²) in [4.78, 5) is 13.9. The van der Waals surface area contributed by atoms with Gasteiger partial charge in [0.05, 0.1) is 6.54 Å². The lowest BCUT2D eigenvalue weighted by molar-refractivity contribution is 0.749. The Kier molecular flexibility index (Phi) is 4.30. The summed E-state index contributed by atoms with van der Waals surface area (Å²) in [5, 5.41) is 3.06. The minimum Gasteiger partial charge on any atom is -0.367 e. The molecule has 0 atom stereocenters. The lowest BCUT2D eigenvalue weighted by Crippen LogP contribution is -2.22. The van der Waals surface area contributed by atoms with Gasteiger partial charge in [-0.15, -0.1) is 0 Å². The lowest BCUT2D eigenvalue weighted by Gasteiger charge is -2.18. The van der Waals surface area contributed by atoms with Crippen molar-refractivity contribution in [3.63, 3.8) is 0 Å². The first-order valence-corrected chi connectivity index (χ1v) is 6.09. The second-order valence-electron chi connectivity index (χ2n) is 4.25. The van der Waals surface area contributed by atoms with Gasteiger partial charge in [-0.25, -0.2) is 9.97 Å². The summed E-state index contributed by atoms with van der Waals surface area (Å²) >= 11 is 0. The van der Waals surface area contributed by atoms with Gasteiger partial charge in [0.1, 0.15) is 11.6 Å². The molecular weight excluding hydrogens is 226 g/mol. The molecule has 96 valence electrons. The van der Waals surface area contributed by atoms with E-state index < -0.39 is 0 Å². The van der Waals surface area contributed by atoms with Gasteiger partial charge in [-0.1, -0.05) is 0 Å². The fourth-order valence-electron chi connectivity index (χ4n) is 1.77. The molecule has 0 fully saturated rings. The molecule has 0 radical (unpaired) electrons. The Morgan fingerprint density at radius 1 is 1.39 bits per heavy atom. The van der Waals surface area contributed by atoms with Crippen molar-refractivity contribution in [1.82, 2.24) is 20.3 Å². The van der Waals surface area contributed by atoms with E-state index in [2.05, 4.69) is 38.3 Å². The standard InChI is InChI=1S/C13H19N5/c1-14-10-12-16-7-4-13(17-12)18(2)8-5-11-3-6-15-9-11/h3-4,6-7,9,14-15H,5,8,10H2,1-2H3. The van der Waals surface area contributed by atoms with Gasteiger partial charge in [0.2, 0.25) is 0 Å². The Bertz CT molecular complexity index is 466. The SMILES string of the molecule is CNCc1nccc(N(C)CCc2cc[nH]c2)n1. The molecule has 0 aliphatic heterocycles. The Balaban J connectivity index is 1.95. The van der Waals surface area contributed by atoms with Crippen molar-refractivity contribution in [3.05, 3.63) is 42.1 Å². The number of likely N-dealkylation sites (N-methyl/N-ethyl adjacent to an activating group) is 1. The second-order valence-corrected chi connectivity index (χ2v) is 4.25. The molecule has 18 heavy (non-hydrogen) atoms. The zero-order valence-corrected chi connectivity index (χ0v) is 10.8. The van der Waals surface area contributed by atoms with Crippen LogP contribution < -0.4 is 10.2 Å². The van der Waals surface area contributed by atoms with Crippen molar-refractivity contribution in [2.45, 2.75) is 13.0 Å². The first-order valence-electron chi connectivity index (χ1n) is 6.09. The highest BCUT2D eigenvalue weighted by Crippen LogP contribution is 2.09. The van der Waals surface area contributed by atoms with Gasteiger partial charge in [0, 0.05) is 32.2 Å². The maximum Gasteiger partial charge on any atom is 0.144 e. The van der Waals surface area contributed by atoms with Crippen LogP contribution in [0.15, 0.2) is 30.7 Å². The van der Waals surface area contributed by atoms with E-state index in [-0.39, 0.29) is 0 Å². The number of rotatable bonds is 6. The molecule has 5 heteroatoms. The van der Waals surface area contributed by atoms with E-state index in [4.69, 9.17) is 0 Å². The van der Waals surface area contributed by atoms with E-state index in [1.807, 2.05) is 31.7 Å². The van der Waals surface area contributed by atoms with Crippen molar-refractivity contribution in [2.24, 2.45) is 0 Å². The third kappa shape index (κ3) is 3.30. The van der Waals surface area contributed by atoms with Crippen molar-refractivity contribution < 1.29 is 0 Å². The molecule has 2 aromatic rings. The molecule has 0 aliphatic carbocycles. The normalized spacial score (nSPS) is 10.6. The Morgan fingerprint density at radius 2 is 2.28 bits per heavy atom. The van der Waals surface area contributed by atoms with Crippen LogP contribution in [-0.2, 0) is 13.0 Å². The van der Waals surface area contributed by atoms with E-state index in [0.717, 1.165) is 24.6 Å². The predicted octanol–water partition coefficient (Wildman–Crippen LogP) is 1.20. The third-order valence-corrected chi connectivity index (χ3v) is 2.82. The van der Waals surface area contributed by atoms with Crippen molar-refractivity contribution in [2.75, 3.05) is 25.5 Å². The monoisotopic (exact) mass is 245 g/mol. The maximum absolute atomic E-state index is 4.51. The average Bonchev–Trinajstić information content (AvgIpc) is 2.90. The Labute approximate surface area is 107 Å². The number of nitrogens with one attached hydrogen (secondary N) is 2. The van der Waals surface area contributed by atoms with Crippen LogP contribution in [0.25, 0.3) is 0 Å². The zero-order valence-electron chi connectivity index (χ0n) is 10.8. The quantitative estimate of drug-likeness (QED) is 0.803. The van der Waals surface area contributed by atoms with Crippen LogP contribution in [0.5, 0.6) is 0 Å². The smallest absolute Gasteiger partial charge is 0.144 e. The molecule has 2 N–H and O–H groups in total. The number of aromatic nitrogens is 3. The lowest BCUT2D eigenvalue weighted by atomic mass is 10.2. The largest absolute Gasteiger partial charge is 0.367 e. The molecule has 0 bridgehead atoms. The van der Waals surface area contributed by atoms with E-state index in [1.54, 1.807) is 0 Å². The van der Waals surface area contributed by atoms with Crippen LogP contribution in [-0.4, -0.2) is 35.6 Å². The summed E-state index contributed by atoms with van der Waals surface area (Å²) < 4.78 is 0. The van der Waals surface area contributed by atoms with E-state index in [1.165, 1.54) is 5.56 Å². The average molecular weight is 245 g/mol. The van der Waals surface area contributed by atoms with Crippen molar-refractivity contribution in [1.29, 1.82) is 0 Å². The number of H-pyrrole nitrogens is 1. The molecule has 0 aromatic carbocycles. The number of aromatic amines is 1. The first-order chi connectivity index (χ1) is 8.79. The highest BCUT2D eigenvalue weighted by molar-refractivity contribution is 5.36. The van der Waals surface area contributed by atoms with Gasteiger partial charge >= 0.3 is 0 Å². The number of hydrogen-bond acceptors (Lipinski definition) is 4. The van der Waals surface area contributed by atoms with E-state index >= 15 is 0 Å². The fraction of sp³-hybridized carbons (Fsp3) is 0.385. The fourth-order valence-corrected chi connectivity index (χ4v) is 1.77. The van der Waals surface area contributed by atoms with Crippen LogP contribution >= 0.6 is 0 Å². The summed E-state index contributed by atoms with van der Waals surface area (Å²) in [7, 11) is 3.95. The van der Waals surface area contributed by atoms with Crippen LogP contribution in [0.2, 0.25) is 0 Å². The number of anilines is 1. The van der Waals surface area contributed by atoms with Crippen LogP contribution in [0.3, 0.4) is 0 Å². The highest BCUT2D eigenvalue weighted by atomic mass is 15.2. The summed E-state index contributed by atoms with van der Waals surface area (Å²) in [6.07, 6.45) is 6.79. The minimum absolute atomic E-state index is 0.694. The highest BCUT2D eigenvalue weighted by Gasteiger charge is 2.04. The molecule has 2 aromatic heterocycles. The molecule has 0 aliphatic rings. The topological polar surface area (TPSA) is 56.8 Å². The third-order valence-electron chi connectivity index (χ3n) is 2.82. The van der Waals surface area contributed by atoms with Gasteiger partial charge in [-0.2, -0.15) is 0 Å². The molecule has 0 saturated carbocycles. The molecule has 0 amide bonds. The molecule has 0 saturated heterocycles. The van der Waals surface area contributed by atoms with Crippen molar-refractivity contribution in [3.8, 4) is 0 Å². The van der Waals surface area contributed by atoms with Crippen LogP contribution in [0, 0.1) is 0 Å². The van der Waals surface area contributed by atoms with Crippen molar-refractivity contribution >= 4 is 5.82 Å². The van der Waals surface area contributed by atoms with Gasteiger partial charge in [0.15, 0.2) is 0 Å². The van der Waals surface area contributed by atoms with Crippen LogP contribution in [0.1, 0.15) is 11.4 Å². The summed E-state index contributed by atoms with van der Waals surface area (Å²) in [5.41, 5.74) is 1.31. The number of hydrogen-bond donors (Lipinski definition) is 2. The van der Waals surface area contributed by atoms with Gasteiger partial charge in [-0.3, -0.25) is 0 Å². The molecule has 0 spiro atoms.